The minimum Gasteiger partial charge on any atom is -0.480 e. The Hall–Kier alpha value is -2.70. The molecule has 2 N–H and O–H groups in total. The van der Waals surface area contributed by atoms with Gasteiger partial charge in [-0.15, -0.1) is 0 Å². The van der Waals surface area contributed by atoms with Crippen molar-refractivity contribution in [2.24, 2.45) is 0 Å². The monoisotopic (exact) mass is 364 g/mol. The molecule has 0 unspecified atom stereocenters. The first-order chi connectivity index (χ1) is 13.1. The number of hydrogen-bond donors (Lipinski definition) is 2. The van der Waals surface area contributed by atoms with Crippen molar-refractivity contribution in [2.75, 3.05) is 26.2 Å². The van der Waals surface area contributed by atoms with E-state index in [1.54, 1.807) is 6.20 Å². The Bertz CT molecular complexity index is 930. The second-order valence-electron chi connectivity index (χ2n) is 7.21. The van der Waals surface area contributed by atoms with Gasteiger partial charge in [0.1, 0.15) is 6.04 Å². The Kier molecular flexibility index (Phi) is 4.92. The normalized spacial score (nSPS) is 17.2. The number of aromatic nitrogens is 2. The number of nitrogens with zero attached hydrogens (tertiary/aromatic N) is 3. The van der Waals surface area contributed by atoms with Crippen molar-refractivity contribution in [3.63, 3.8) is 0 Å². The quantitative estimate of drug-likeness (QED) is 0.728. The van der Waals surface area contributed by atoms with Crippen LogP contribution in [0.2, 0.25) is 0 Å². The zero-order valence-electron chi connectivity index (χ0n) is 15.4. The van der Waals surface area contributed by atoms with E-state index in [0.717, 1.165) is 54.8 Å². The minimum absolute atomic E-state index is 0.624. The number of aryl methyl sites for hydroxylation is 1. The van der Waals surface area contributed by atoms with Gasteiger partial charge in [0.25, 0.3) is 0 Å². The highest BCUT2D eigenvalue weighted by atomic mass is 16.4. The van der Waals surface area contributed by atoms with E-state index in [0.29, 0.717) is 0 Å². The predicted molar refractivity (Wildman–Crippen MR) is 104 cm³/mol. The summed E-state index contributed by atoms with van der Waals surface area (Å²) in [4.78, 5) is 23.9. The summed E-state index contributed by atoms with van der Waals surface area (Å²) in [5.74, 6) is -0.793. The van der Waals surface area contributed by atoms with Gasteiger partial charge in [-0.2, -0.15) is 0 Å². The maximum atomic E-state index is 12.1. The molecule has 6 heteroatoms. The van der Waals surface area contributed by atoms with Crippen LogP contribution in [0, 0.1) is 6.92 Å². The lowest BCUT2D eigenvalue weighted by molar-refractivity contribution is -0.144. The molecule has 0 aliphatic carbocycles. The van der Waals surface area contributed by atoms with E-state index in [-0.39, 0.29) is 0 Å². The van der Waals surface area contributed by atoms with Gasteiger partial charge in [0.15, 0.2) is 0 Å². The number of rotatable bonds is 5. The van der Waals surface area contributed by atoms with Gasteiger partial charge in [-0.1, -0.05) is 17.7 Å². The van der Waals surface area contributed by atoms with Crippen molar-refractivity contribution in [3.05, 3.63) is 65.6 Å². The van der Waals surface area contributed by atoms with Gasteiger partial charge in [0, 0.05) is 67.8 Å². The van der Waals surface area contributed by atoms with Crippen LogP contribution in [-0.2, 0) is 11.3 Å². The smallest absolute Gasteiger partial charge is 0.325 e. The van der Waals surface area contributed by atoms with Crippen LogP contribution in [-0.4, -0.2) is 57.0 Å². The molecule has 1 aliphatic rings. The fraction of sp³-hybridized carbons (Fsp3) is 0.333. The van der Waals surface area contributed by atoms with Crippen LogP contribution < -0.4 is 0 Å². The molecular weight excluding hydrogens is 340 g/mol. The van der Waals surface area contributed by atoms with Crippen LogP contribution in [0.25, 0.3) is 10.9 Å². The molecule has 27 heavy (non-hydrogen) atoms. The number of aromatic amines is 1. The molecule has 1 aromatic carbocycles. The van der Waals surface area contributed by atoms with Crippen molar-refractivity contribution in [3.8, 4) is 0 Å². The Balaban J connectivity index is 1.50. The summed E-state index contributed by atoms with van der Waals surface area (Å²) in [6.45, 7) is 6.04. The molecule has 140 valence electrons. The zero-order valence-corrected chi connectivity index (χ0v) is 15.4. The number of piperazine rings is 1. The van der Waals surface area contributed by atoms with Crippen LogP contribution in [0.1, 0.15) is 22.7 Å². The van der Waals surface area contributed by atoms with E-state index >= 15 is 0 Å². The molecule has 1 aliphatic heterocycles. The number of carboxylic acid groups (broad SMARTS) is 1. The fourth-order valence-electron chi connectivity index (χ4n) is 3.90. The number of hydrogen-bond acceptors (Lipinski definition) is 4. The van der Waals surface area contributed by atoms with Crippen molar-refractivity contribution in [2.45, 2.75) is 19.5 Å². The summed E-state index contributed by atoms with van der Waals surface area (Å²) in [5, 5.41) is 10.9. The topological polar surface area (TPSA) is 72.5 Å². The van der Waals surface area contributed by atoms with Gasteiger partial charge >= 0.3 is 5.97 Å². The highest BCUT2D eigenvalue weighted by molar-refractivity contribution is 5.89. The Morgan fingerprint density at radius 2 is 2.07 bits per heavy atom. The standard InChI is InChI=1S/C21H24N4O2/c1-15-4-5-19-17(11-15)18(13-23-19)20(21(26)27)25-9-7-24(8-10-25)14-16-3-2-6-22-12-16/h2-6,11-13,20,23H,7-10,14H2,1H3,(H,26,27)/t20-/m0/s1. The number of H-pyrrole nitrogens is 1. The van der Waals surface area contributed by atoms with E-state index in [1.807, 2.05) is 37.5 Å². The number of fused-ring (bicyclic) bond motifs is 1. The van der Waals surface area contributed by atoms with E-state index in [9.17, 15) is 9.90 Å². The predicted octanol–water partition coefficient (Wildman–Crippen LogP) is 2.81. The third kappa shape index (κ3) is 3.72. The molecule has 1 saturated heterocycles. The van der Waals surface area contributed by atoms with Gasteiger partial charge in [-0.3, -0.25) is 19.6 Å². The highest BCUT2D eigenvalue weighted by Crippen LogP contribution is 2.30. The molecule has 3 aromatic rings. The Labute approximate surface area is 158 Å². The molecule has 0 spiro atoms. The van der Waals surface area contributed by atoms with Crippen LogP contribution >= 0.6 is 0 Å². The number of carboxylic acids is 1. The van der Waals surface area contributed by atoms with Gasteiger partial charge in [0.05, 0.1) is 0 Å². The van der Waals surface area contributed by atoms with E-state index in [2.05, 4.69) is 31.9 Å². The summed E-state index contributed by atoms with van der Waals surface area (Å²) in [7, 11) is 0. The lowest BCUT2D eigenvalue weighted by atomic mass is 10.0. The molecule has 0 amide bonds. The summed E-state index contributed by atoms with van der Waals surface area (Å²) in [6, 6.07) is 9.52. The van der Waals surface area contributed by atoms with Crippen LogP contribution in [0.3, 0.4) is 0 Å². The Morgan fingerprint density at radius 3 is 2.78 bits per heavy atom. The molecular formula is C21H24N4O2. The molecule has 4 rings (SSSR count). The SMILES string of the molecule is Cc1ccc2[nH]cc([C@@H](C(=O)O)N3CCN(Cc4cccnc4)CC3)c2c1. The van der Waals surface area contributed by atoms with Crippen LogP contribution in [0.5, 0.6) is 0 Å². The first kappa shape index (κ1) is 17.7. The first-order valence-corrected chi connectivity index (χ1v) is 9.27. The van der Waals surface area contributed by atoms with E-state index in [1.165, 1.54) is 5.56 Å². The summed E-state index contributed by atoms with van der Waals surface area (Å²) >= 11 is 0. The third-order valence-corrected chi connectivity index (χ3v) is 5.30. The lowest BCUT2D eigenvalue weighted by Crippen LogP contribution is -2.48. The van der Waals surface area contributed by atoms with Gasteiger partial charge in [-0.05, 0) is 30.7 Å². The average Bonchev–Trinajstić information content (AvgIpc) is 3.07. The van der Waals surface area contributed by atoms with Gasteiger partial charge in [-0.25, -0.2) is 0 Å². The molecule has 0 bridgehead atoms. The Morgan fingerprint density at radius 1 is 1.26 bits per heavy atom. The molecule has 3 heterocycles. The molecule has 0 saturated carbocycles. The van der Waals surface area contributed by atoms with E-state index < -0.39 is 12.0 Å². The fourth-order valence-corrected chi connectivity index (χ4v) is 3.90. The largest absolute Gasteiger partial charge is 0.480 e. The molecule has 2 aromatic heterocycles. The first-order valence-electron chi connectivity index (χ1n) is 9.27. The number of aliphatic carboxylic acids is 1. The second-order valence-corrected chi connectivity index (χ2v) is 7.21. The molecule has 0 radical (unpaired) electrons. The van der Waals surface area contributed by atoms with Gasteiger partial charge in [0.2, 0.25) is 0 Å². The number of nitrogens with one attached hydrogen (secondary N) is 1. The zero-order chi connectivity index (χ0) is 18.8. The summed E-state index contributed by atoms with van der Waals surface area (Å²) in [6.07, 6.45) is 5.52. The number of pyridine rings is 1. The van der Waals surface area contributed by atoms with Crippen molar-refractivity contribution >= 4 is 16.9 Å². The molecule has 1 atom stereocenters. The molecule has 1 fully saturated rings. The maximum Gasteiger partial charge on any atom is 0.325 e. The summed E-state index contributed by atoms with van der Waals surface area (Å²) in [5.41, 5.74) is 4.15. The second kappa shape index (κ2) is 7.50. The highest BCUT2D eigenvalue weighted by Gasteiger charge is 2.32. The minimum atomic E-state index is -0.793. The number of carbonyl (C=O) groups is 1. The van der Waals surface area contributed by atoms with Gasteiger partial charge < -0.3 is 10.1 Å². The van der Waals surface area contributed by atoms with E-state index in [4.69, 9.17) is 0 Å². The number of benzene rings is 1. The average molecular weight is 364 g/mol. The van der Waals surface area contributed by atoms with Crippen LogP contribution in [0.4, 0.5) is 0 Å². The van der Waals surface area contributed by atoms with Crippen molar-refractivity contribution in [1.29, 1.82) is 0 Å². The maximum absolute atomic E-state index is 12.1. The lowest BCUT2D eigenvalue weighted by Gasteiger charge is -2.37. The third-order valence-electron chi connectivity index (χ3n) is 5.30. The molecule has 6 nitrogen and oxygen atoms in total. The van der Waals surface area contributed by atoms with Crippen molar-refractivity contribution < 1.29 is 9.90 Å². The summed E-state index contributed by atoms with van der Waals surface area (Å²) < 4.78 is 0. The van der Waals surface area contributed by atoms with Crippen LogP contribution in [0.15, 0.2) is 48.9 Å². The van der Waals surface area contributed by atoms with Crippen molar-refractivity contribution in [1.82, 2.24) is 19.8 Å².